The van der Waals surface area contributed by atoms with Crippen LogP contribution in [0.4, 0.5) is 0 Å². The molecule has 128 valence electrons. The van der Waals surface area contributed by atoms with E-state index in [9.17, 15) is 0 Å². The van der Waals surface area contributed by atoms with Crippen LogP contribution >= 0.6 is 42.1 Å². The standard InChI is InChI=1S/C8H18S.C7H19PS2.CH4/c1-6(2)8(5,9)7(3)4;1-6(2)8(5,9,10)7(3)4;/h6-7,9H,1-5H3;6-7,9-10H,1-5H3;1H4. The summed E-state index contributed by atoms with van der Waals surface area (Å²) in [5.74, 6) is 1.31. The Kier molecular flexibility index (Phi) is 11.8. The third-order valence-electron chi connectivity index (χ3n) is 4.89. The monoisotopic (exact) mass is 360 g/mol. The second-order valence-corrected chi connectivity index (χ2v) is 20.9. The van der Waals surface area contributed by atoms with Crippen LogP contribution in [0, 0.1) is 11.8 Å². The van der Waals surface area contributed by atoms with E-state index in [4.69, 9.17) is 24.5 Å². The summed E-state index contributed by atoms with van der Waals surface area (Å²) in [5.41, 5.74) is 1.19. The molecular formula is C16H41PS3. The van der Waals surface area contributed by atoms with Crippen molar-refractivity contribution in [2.75, 3.05) is 6.66 Å². The van der Waals surface area contributed by atoms with Gasteiger partial charge in [0.1, 0.15) is 0 Å². The molecule has 0 bridgehead atoms. The zero-order valence-electron chi connectivity index (χ0n) is 14.6. The Balaban J connectivity index is -0.000000277. The van der Waals surface area contributed by atoms with E-state index >= 15 is 0 Å². The summed E-state index contributed by atoms with van der Waals surface area (Å²) < 4.78 is 0.194. The van der Waals surface area contributed by atoms with E-state index in [-0.39, 0.29) is 12.2 Å². The maximum absolute atomic E-state index is 4.73. The SMILES string of the molecule is C.CC(C)C(C)(S)C(C)C.CC(C)P(C)(S)(S)C(C)C. The summed E-state index contributed by atoms with van der Waals surface area (Å²) in [7, 11) is 0. The zero-order chi connectivity index (χ0) is 16.3. The van der Waals surface area contributed by atoms with Crippen molar-refractivity contribution in [1.29, 1.82) is 0 Å². The first-order valence-electron chi connectivity index (χ1n) is 7.28. The molecule has 0 aliphatic rings. The van der Waals surface area contributed by atoms with Crippen molar-refractivity contribution in [3.63, 3.8) is 0 Å². The molecule has 0 spiro atoms. The average Bonchev–Trinajstić information content (AvgIpc) is 2.16. The number of rotatable bonds is 4. The summed E-state index contributed by atoms with van der Waals surface area (Å²) in [4.78, 5) is 0. The predicted octanol–water partition coefficient (Wildman–Crippen LogP) is 7.30. The van der Waals surface area contributed by atoms with Crippen molar-refractivity contribution < 1.29 is 0 Å². The van der Waals surface area contributed by atoms with Gasteiger partial charge in [-0.25, -0.2) is 0 Å². The summed E-state index contributed by atoms with van der Waals surface area (Å²) in [6.07, 6.45) is 0. The quantitative estimate of drug-likeness (QED) is 0.340. The van der Waals surface area contributed by atoms with Crippen molar-refractivity contribution in [3.05, 3.63) is 0 Å². The van der Waals surface area contributed by atoms with Gasteiger partial charge in [-0.05, 0) is 11.8 Å². The molecule has 0 unspecified atom stereocenters. The van der Waals surface area contributed by atoms with Gasteiger partial charge >= 0.3 is 75.2 Å². The molecule has 0 radical (unpaired) electrons. The van der Waals surface area contributed by atoms with Gasteiger partial charge in [0.25, 0.3) is 0 Å². The van der Waals surface area contributed by atoms with Crippen molar-refractivity contribution in [2.24, 2.45) is 11.8 Å². The van der Waals surface area contributed by atoms with Crippen LogP contribution in [0.15, 0.2) is 0 Å². The van der Waals surface area contributed by atoms with Crippen molar-refractivity contribution in [3.8, 4) is 0 Å². The van der Waals surface area contributed by atoms with Crippen LogP contribution in [0.25, 0.3) is 0 Å². The Hall–Kier alpha value is 1.48. The summed E-state index contributed by atoms with van der Waals surface area (Å²) >= 11 is 14.0. The summed E-state index contributed by atoms with van der Waals surface area (Å²) in [6, 6.07) is 0. The van der Waals surface area contributed by atoms with Crippen LogP contribution < -0.4 is 0 Å². The number of thiol groups is 3. The van der Waals surface area contributed by atoms with Gasteiger partial charge in [-0.3, -0.25) is 0 Å². The third kappa shape index (κ3) is 7.65. The van der Waals surface area contributed by atoms with Crippen molar-refractivity contribution >= 4 is 42.1 Å². The maximum atomic E-state index is 4.73. The Morgan fingerprint density at radius 1 is 0.750 bits per heavy atom. The third-order valence-corrected chi connectivity index (χ3v) is 16.6. The molecular weight excluding hydrogens is 319 g/mol. The normalized spacial score (nSPS) is 14.8. The van der Waals surface area contributed by atoms with Gasteiger partial charge < -0.3 is 0 Å². The molecule has 0 saturated carbocycles. The first-order chi connectivity index (χ1) is 8.05. The Labute approximate surface area is 146 Å². The van der Waals surface area contributed by atoms with Crippen LogP contribution in [-0.2, 0) is 0 Å². The van der Waals surface area contributed by atoms with Gasteiger partial charge in [-0.2, -0.15) is 12.6 Å². The van der Waals surface area contributed by atoms with Gasteiger partial charge in [0, 0.05) is 4.75 Å². The molecule has 0 aliphatic heterocycles. The molecule has 0 aromatic carbocycles. The molecule has 0 saturated heterocycles. The van der Waals surface area contributed by atoms with Gasteiger partial charge in [0.15, 0.2) is 0 Å². The van der Waals surface area contributed by atoms with Gasteiger partial charge in [-0.1, -0.05) is 42.0 Å². The van der Waals surface area contributed by atoms with Crippen LogP contribution in [0.1, 0.15) is 69.7 Å². The summed E-state index contributed by atoms with van der Waals surface area (Å²) in [6.45, 7) is 22.1. The van der Waals surface area contributed by atoms with Gasteiger partial charge in [0.05, 0.1) is 0 Å². The first kappa shape index (κ1) is 26.4. The van der Waals surface area contributed by atoms with E-state index in [2.05, 4.69) is 81.6 Å². The molecule has 0 rings (SSSR count). The molecule has 0 aromatic rings. The van der Waals surface area contributed by atoms with E-state index < -0.39 is 5.01 Å². The zero-order valence-corrected chi connectivity index (χ0v) is 18.2. The van der Waals surface area contributed by atoms with E-state index in [0.29, 0.717) is 23.2 Å². The Morgan fingerprint density at radius 2 is 0.950 bits per heavy atom. The number of hydrogen-bond acceptors (Lipinski definition) is 3. The van der Waals surface area contributed by atoms with E-state index in [1.807, 2.05) is 0 Å². The minimum atomic E-state index is -1.93. The predicted molar refractivity (Wildman–Crippen MR) is 115 cm³/mol. The summed E-state index contributed by atoms with van der Waals surface area (Å²) in [5, 5.41) is -1.93. The Morgan fingerprint density at radius 3 is 0.950 bits per heavy atom. The molecule has 0 nitrogen and oxygen atoms in total. The molecule has 0 aliphatic carbocycles. The molecule has 0 heterocycles. The van der Waals surface area contributed by atoms with Crippen LogP contribution in [0.3, 0.4) is 0 Å². The van der Waals surface area contributed by atoms with Crippen LogP contribution in [-0.4, -0.2) is 22.7 Å². The topological polar surface area (TPSA) is 0 Å². The van der Waals surface area contributed by atoms with Gasteiger partial charge in [-0.15, -0.1) is 0 Å². The first-order valence-corrected chi connectivity index (χ1v) is 12.9. The fourth-order valence-corrected chi connectivity index (χ4v) is 2.46. The molecule has 0 N–H and O–H groups in total. The number of hydrogen-bond donors (Lipinski definition) is 3. The Bertz CT molecular complexity index is 239. The van der Waals surface area contributed by atoms with Crippen LogP contribution in [0.5, 0.6) is 0 Å². The second kappa shape index (κ2) is 8.94. The molecule has 0 aromatic heterocycles. The van der Waals surface area contributed by atoms with Crippen molar-refractivity contribution in [1.82, 2.24) is 0 Å². The molecule has 4 heteroatoms. The van der Waals surface area contributed by atoms with E-state index in [0.717, 1.165) is 0 Å². The average molecular weight is 361 g/mol. The van der Waals surface area contributed by atoms with Gasteiger partial charge in [0.2, 0.25) is 0 Å². The minimum absolute atomic E-state index is 0. The van der Waals surface area contributed by atoms with Crippen molar-refractivity contribution in [2.45, 2.75) is 85.8 Å². The fourth-order valence-electron chi connectivity index (χ4n) is 1.26. The molecule has 0 amide bonds. The fraction of sp³-hybridized carbons (Fsp3) is 1.00. The van der Waals surface area contributed by atoms with E-state index in [1.54, 1.807) is 0 Å². The van der Waals surface area contributed by atoms with Crippen LogP contribution in [0.2, 0.25) is 0 Å². The molecule has 0 atom stereocenters. The molecule has 0 fully saturated rings. The molecule has 20 heavy (non-hydrogen) atoms. The van der Waals surface area contributed by atoms with E-state index in [1.165, 1.54) is 0 Å². The second-order valence-electron chi connectivity index (χ2n) is 7.34.